The van der Waals surface area contributed by atoms with E-state index >= 15 is 0 Å². The third-order valence-corrected chi connectivity index (χ3v) is 5.25. The minimum absolute atomic E-state index is 0.136. The van der Waals surface area contributed by atoms with Crippen LogP contribution in [-0.2, 0) is 16.1 Å². The number of halogens is 2. The molecule has 1 aliphatic heterocycles. The van der Waals surface area contributed by atoms with Crippen LogP contribution in [0.3, 0.4) is 0 Å². The summed E-state index contributed by atoms with van der Waals surface area (Å²) in [4.78, 5) is 28.8. The van der Waals surface area contributed by atoms with Gasteiger partial charge in [0, 0.05) is 23.8 Å². The Morgan fingerprint density at radius 1 is 1.25 bits per heavy atom. The zero-order valence-electron chi connectivity index (χ0n) is 10.1. The second kappa shape index (κ2) is 5.44. The molecule has 0 bridgehead atoms. The summed E-state index contributed by atoms with van der Waals surface area (Å²) < 4.78 is 1.18. The second-order valence-electron chi connectivity index (χ2n) is 4.24. The van der Waals surface area contributed by atoms with Crippen molar-refractivity contribution < 1.29 is 9.59 Å². The number of carbonyl (C=O) groups is 2. The van der Waals surface area contributed by atoms with Crippen LogP contribution in [0.2, 0.25) is 8.67 Å². The molecule has 20 heavy (non-hydrogen) atoms. The minimum Gasteiger partial charge on any atom is -0.276 e. The summed E-state index contributed by atoms with van der Waals surface area (Å²) in [5.74, 6) is -0.272. The van der Waals surface area contributed by atoms with Crippen molar-refractivity contribution in [3.8, 4) is 11.3 Å². The first-order valence-electron chi connectivity index (χ1n) is 5.77. The Bertz CT molecular complexity index is 679. The van der Waals surface area contributed by atoms with E-state index in [-0.39, 0.29) is 18.4 Å². The van der Waals surface area contributed by atoms with Crippen LogP contribution in [0.1, 0.15) is 17.8 Å². The maximum Gasteiger partial charge on any atom is 0.230 e. The van der Waals surface area contributed by atoms with Crippen LogP contribution in [-0.4, -0.2) is 21.7 Å². The number of carbonyl (C=O) groups excluding carboxylic acids is 2. The molecule has 0 aromatic carbocycles. The van der Waals surface area contributed by atoms with Gasteiger partial charge in [0.2, 0.25) is 11.8 Å². The van der Waals surface area contributed by atoms with Gasteiger partial charge in [0.1, 0.15) is 9.34 Å². The van der Waals surface area contributed by atoms with E-state index in [4.69, 9.17) is 23.2 Å². The lowest BCUT2D eigenvalue weighted by Crippen LogP contribution is -2.28. The van der Waals surface area contributed by atoms with Crippen LogP contribution >= 0.6 is 45.9 Å². The highest BCUT2D eigenvalue weighted by molar-refractivity contribution is 7.20. The van der Waals surface area contributed by atoms with Crippen LogP contribution in [0, 0.1) is 0 Å². The Morgan fingerprint density at radius 3 is 2.55 bits per heavy atom. The molecule has 1 aliphatic rings. The van der Waals surface area contributed by atoms with Crippen LogP contribution in [0.25, 0.3) is 11.3 Å². The molecular formula is C12H8Cl2N2O2S2. The quantitative estimate of drug-likeness (QED) is 0.793. The van der Waals surface area contributed by atoms with Crippen LogP contribution in [0.15, 0.2) is 11.4 Å². The first kappa shape index (κ1) is 14.0. The molecule has 0 atom stereocenters. The molecular weight excluding hydrogens is 339 g/mol. The summed E-state index contributed by atoms with van der Waals surface area (Å²) >= 11 is 14.7. The summed E-state index contributed by atoms with van der Waals surface area (Å²) in [6, 6.07) is 1.76. The Balaban J connectivity index is 1.82. The monoisotopic (exact) mass is 346 g/mol. The normalized spacial score (nSPS) is 15.4. The summed E-state index contributed by atoms with van der Waals surface area (Å²) in [5, 5.41) is 2.56. The van der Waals surface area contributed by atoms with Gasteiger partial charge >= 0.3 is 0 Å². The number of hydrogen-bond acceptors (Lipinski definition) is 5. The van der Waals surface area contributed by atoms with Crippen LogP contribution in [0.5, 0.6) is 0 Å². The van der Waals surface area contributed by atoms with Gasteiger partial charge in [0.15, 0.2) is 0 Å². The minimum atomic E-state index is -0.136. The van der Waals surface area contributed by atoms with Gasteiger partial charge in [-0.15, -0.1) is 22.7 Å². The predicted octanol–water partition coefficient (Wildman–Crippen LogP) is 3.83. The molecule has 104 valence electrons. The molecule has 3 heterocycles. The van der Waals surface area contributed by atoms with Gasteiger partial charge in [-0.3, -0.25) is 14.5 Å². The lowest BCUT2D eigenvalue weighted by Gasteiger charge is -2.10. The number of thiazole rings is 1. The van der Waals surface area contributed by atoms with E-state index in [1.165, 1.54) is 27.6 Å². The fraction of sp³-hybridized carbons (Fsp3) is 0.250. The maximum atomic E-state index is 11.6. The Labute approximate surface area is 132 Å². The average molecular weight is 347 g/mol. The fourth-order valence-electron chi connectivity index (χ4n) is 1.96. The molecule has 2 aromatic heterocycles. The molecule has 3 rings (SSSR count). The van der Waals surface area contributed by atoms with Gasteiger partial charge in [-0.05, 0) is 6.07 Å². The predicted molar refractivity (Wildman–Crippen MR) is 80.2 cm³/mol. The van der Waals surface area contributed by atoms with Gasteiger partial charge in [-0.1, -0.05) is 23.2 Å². The zero-order valence-corrected chi connectivity index (χ0v) is 13.2. The number of amides is 2. The molecule has 0 radical (unpaired) electrons. The maximum absolute atomic E-state index is 11.6. The largest absolute Gasteiger partial charge is 0.276 e. The van der Waals surface area contributed by atoms with Crippen molar-refractivity contribution in [3.63, 3.8) is 0 Å². The van der Waals surface area contributed by atoms with E-state index in [2.05, 4.69) is 4.98 Å². The van der Waals surface area contributed by atoms with Gasteiger partial charge in [0.25, 0.3) is 0 Å². The summed E-state index contributed by atoms with van der Waals surface area (Å²) in [6.07, 6.45) is 0.589. The number of aromatic nitrogens is 1. The Kier molecular flexibility index (Phi) is 3.81. The van der Waals surface area contributed by atoms with Crippen molar-refractivity contribution >= 4 is 57.7 Å². The lowest BCUT2D eigenvalue weighted by atomic mass is 10.3. The van der Waals surface area contributed by atoms with E-state index in [0.717, 1.165) is 11.3 Å². The molecule has 1 saturated heterocycles. The third kappa shape index (κ3) is 2.61. The molecule has 8 heteroatoms. The van der Waals surface area contributed by atoms with E-state index in [1.807, 2.05) is 5.38 Å². The molecule has 0 saturated carbocycles. The smallest absolute Gasteiger partial charge is 0.230 e. The van der Waals surface area contributed by atoms with Crippen molar-refractivity contribution in [3.05, 3.63) is 25.1 Å². The molecule has 0 N–H and O–H groups in total. The number of likely N-dealkylation sites (tertiary alicyclic amines) is 1. The van der Waals surface area contributed by atoms with Crippen molar-refractivity contribution in [2.24, 2.45) is 0 Å². The van der Waals surface area contributed by atoms with Crippen molar-refractivity contribution in [1.82, 2.24) is 9.88 Å². The zero-order chi connectivity index (χ0) is 14.3. The molecule has 2 amide bonds. The first-order valence-corrected chi connectivity index (χ1v) is 8.22. The van der Waals surface area contributed by atoms with Crippen molar-refractivity contribution in [2.75, 3.05) is 0 Å². The third-order valence-electron chi connectivity index (χ3n) is 2.93. The molecule has 0 spiro atoms. The molecule has 0 unspecified atom stereocenters. The molecule has 4 nitrogen and oxygen atoms in total. The van der Waals surface area contributed by atoms with Gasteiger partial charge < -0.3 is 0 Å². The van der Waals surface area contributed by atoms with E-state index in [1.54, 1.807) is 6.07 Å². The summed E-state index contributed by atoms with van der Waals surface area (Å²) in [6.45, 7) is 0.234. The fourth-order valence-corrected chi connectivity index (χ4v) is 4.22. The Morgan fingerprint density at radius 2 is 1.95 bits per heavy atom. The highest BCUT2D eigenvalue weighted by Crippen LogP contribution is 2.38. The van der Waals surface area contributed by atoms with Gasteiger partial charge in [-0.2, -0.15) is 0 Å². The number of hydrogen-bond donors (Lipinski definition) is 0. The van der Waals surface area contributed by atoms with E-state index in [0.29, 0.717) is 26.5 Å². The number of thiophene rings is 1. The standard InChI is InChI=1S/C12H8Cl2N2O2S2/c13-8-3-6(12(14)20-8)7-5-19-9(15-7)4-16-10(17)1-2-11(16)18/h3,5H,1-2,4H2. The first-order chi connectivity index (χ1) is 9.54. The topological polar surface area (TPSA) is 50.3 Å². The number of rotatable bonds is 3. The average Bonchev–Trinajstić information content (AvgIpc) is 3.06. The SMILES string of the molecule is O=C1CCC(=O)N1Cc1nc(-c2cc(Cl)sc2Cl)cs1. The highest BCUT2D eigenvalue weighted by atomic mass is 35.5. The van der Waals surface area contributed by atoms with E-state index < -0.39 is 0 Å². The second-order valence-corrected chi connectivity index (χ2v) is 7.47. The number of imide groups is 1. The van der Waals surface area contributed by atoms with Crippen LogP contribution < -0.4 is 0 Å². The van der Waals surface area contributed by atoms with Crippen molar-refractivity contribution in [1.29, 1.82) is 0 Å². The molecule has 0 aliphatic carbocycles. The van der Waals surface area contributed by atoms with Gasteiger partial charge in [0.05, 0.1) is 16.6 Å². The Hall–Kier alpha value is -0.950. The molecule has 1 fully saturated rings. The summed E-state index contributed by atoms with van der Waals surface area (Å²) in [7, 11) is 0. The summed E-state index contributed by atoms with van der Waals surface area (Å²) in [5.41, 5.74) is 1.50. The van der Waals surface area contributed by atoms with Crippen molar-refractivity contribution in [2.45, 2.75) is 19.4 Å². The van der Waals surface area contributed by atoms with Crippen LogP contribution in [0.4, 0.5) is 0 Å². The van der Waals surface area contributed by atoms with E-state index in [9.17, 15) is 9.59 Å². The highest BCUT2D eigenvalue weighted by Gasteiger charge is 2.29. The van der Waals surface area contributed by atoms with Gasteiger partial charge in [-0.25, -0.2) is 4.98 Å². The molecule has 2 aromatic rings. The lowest BCUT2D eigenvalue weighted by molar-refractivity contribution is -0.139. The number of nitrogens with zero attached hydrogens (tertiary/aromatic N) is 2.